The maximum absolute atomic E-state index is 12.5. The number of nitrogens with zero attached hydrogens (tertiary/aromatic N) is 5. The number of carbonyl (C=O) groups is 1. The predicted octanol–water partition coefficient (Wildman–Crippen LogP) is 5.62. The van der Waals surface area contributed by atoms with Crippen LogP contribution in [0.2, 0.25) is 0 Å². The van der Waals surface area contributed by atoms with E-state index in [0.29, 0.717) is 28.4 Å². The predicted molar refractivity (Wildman–Crippen MR) is 150 cm³/mol. The molecular formula is C29H26N8O2. The molecule has 1 aromatic carbocycles. The van der Waals surface area contributed by atoms with Gasteiger partial charge in [-0.15, -0.1) is 0 Å². The van der Waals surface area contributed by atoms with Crippen LogP contribution in [0.4, 0.5) is 5.69 Å². The number of anilines is 1. The van der Waals surface area contributed by atoms with E-state index in [-0.39, 0.29) is 5.91 Å². The van der Waals surface area contributed by atoms with Crippen LogP contribution in [0, 0.1) is 5.41 Å². The molecule has 0 aliphatic heterocycles. The van der Waals surface area contributed by atoms with Crippen LogP contribution in [0.3, 0.4) is 0 Å². The van der Waals surface area contributed by atoms with Gasteiger partial charge in [0.25, 0.3) is 0 Å². The van der Waals surface area contributed by atoms with Gasteiger partial charge in [0.15, 0.2) is 11.5 Å². The van der Waals surface area contributed by atoms with Gasteiger partial charge in [0.05, 0.1) is 41.4 Å². The summed E-state index contributed by atoms with van der Waals surface area (Å²) in [5, 5.41) is 10.5. The van der Waals surface area contributed by atoms with E-state index in [1.807, 2.05) is 69.3 Å². The molecule has 10 heteroatoms. The van der Waals surface area contributed by atoms with Crippen molar-refractivity contribution in [1.82, 2.24) is 35.1 Å². The number of H-pyrrole nitrogens is 2. The van der Waals surface area contributed by atoms with E-state index in [0.717, 1.165) is 39.1 Å². The zero-order chi connectivity index (χ0) is 27.1. The number of methoxy groups -OCH3 is 1. The molecule has 0 fully saturated rings. The molecule has 39 heavy (non-hydrogen) atoms. The van der Waals surface area contributed by atoms with Crippen LogP contribution in [0.15, 0.2) is 67.1 Å². The van der Waals surface area contributed by atoms with Gasteiger partial charge in [-0.3, -0.25) is 19.9 Å². The number of carbonyl (C=O) groups excluding carboxylic acids is 1. The summed E-state index contributed by atoms with van der Waals surface area (Å²) < 4.78 is 5.39. The number of hydrogen-bond donors (Lipinski definition) is 3. The molecule has 0 unspecified atom stereocenters. The largest absolute Gasteiger partial charge is 0.497 e. The van der Waals surface area contributed by atoms with E-state index in [1.54, 1.807) is 25.7 Å². The third-order valence-corrected chi connectivity index (χ3v) is 6.35. The first-order chi connectivity index (χ1) is 18.8. The van der Waals surface area contributed by atoms with Crippen molar-refractivity contribution in [3.05, 3.63) is 67.1 Å². The number of ether oxygens (including phenoxy) is 1. The Morgan fingerprint density at radius 2 is 1.77 bits per heavy atom. The van der Waals surface area contributed by atoms with E-state index in [9.17, 15) is 4.79 Å². The molecule has 0 saturated heterocycles. The average Bonchev–Trinajstić information content (AvgIpc) is 3.56. The van der Waals surface area contributed by atoms with Gasteiger partial charge in [0.2, 0.25) is 5.91 Å². The lowest BCUT2D eigenvalue weighted by molar-refractivity contribution is -0.123. The molecule has 0 atom stereocenters. The highest BCUT2D eigenvalue weighted by Crippen LogP contribution is 2.32. The van der Waals surface area contributed by atoms with E-state index >= 15 is 0 Å². The topological polar surface area (TPSA) is 134 Å². The lowest BCUT2D eigenvalue weighted by atomic mass is 9.95. The molecule has 6 rings (SSSR count). The molecule has 0 aliphatic rings. The van der Waals surface area contributed by atoms with Crippen molar-refractivity contribution in [3.8, 4) is 39.8 Å². The lowest BCUT2D eigenvalue weighted by Gasteiger charge is -2.17. The summed E-state index contributed by atoms with van der Waals surface area (Å²) in [5.74, 6) is 1.23. The summed E-state index contributed by atoms with van der Waals surface area (Å²) in [6, 6.07) is 15.3. The smallest absolute Gasteiger partial charge is 0.229 e. The summed E-state index contributed by atoms with van der Waals surface area (Å²) in [5.41, 5.74) is 6.76. The van der Waals surface area contributed by atoms with Crippen molar-refractivity contribution in [2.24, 2.45) is 5.41 Å². The Kier molecular flexibility index (Phi) is 5.79. The van der Waals surface area contributed by atoms with Crippen LogP contribution >= 0.6 is 0 Å². The van der Waals surface area contributed by atoms with Crippen molar-refractivity contribution in [3.63, 3.8) is 0 Å². The van der Waals surface area contributed by atoms with E-state index < -0.39 is 5.41 Å². The summed E-state index contributed by atoms with van der Waals surface area (Å²) >= 11 is 0. The third-order valence-electron chi connectivity index (χ3n) is 6.35. The normalized spacial score (nSPS) is 11.7. The van der Waals surface area contributed by atoms with Gasteiger partial charge in [0, 0.05) is 28.9 Å². The Morgan fingerprint density at radius 3 is 2.59 bits per heavy atom. The molecule has 0 bridgehead atoms. The minimum absolute atomic E-state index is 0.0883. The number of benzene rings is 1. The summed E-state index contributed by atoms with van der Waals surface area (Å²) in [4.78, 5) is 34.5. The molecule has 1 amide bonds. The number of fused-ring (bicyclic) bond motifs is 2. The van der Waals surface area contributed by atoms with Crippen molar-refractivity contribution in [2.45, 2.75) is 20.8 Å². The van der Waals surface area contributed by atoms with E-state index in [2.05, 4.69) is 30.5 Å². The number of hydrogen-bond acceptors (Lipinski definition) is 7. The van der Waals surface area contributed by atoms with E-state index in [1.165, 1.54) is 0 Å². The second kappa shape index (κ2) is 9.32. The fourth-order valence-corrected chi connectivity index (χ4v) is 4.22. The number of aromatic nitrogens is 7. The van der Waals surface area contributed by atoms with Crippen molar-refractivity contribution < 1.29 is 9.53 Å². The first kappa shape index (κ1) is 24.2. The Hall–Kier alpha value is -5.12. The molecule has 5 aromatic heterocycles. The molecule has 0 spiro atoms. The van der Waals surface area contributed by atoms with Gasteiger partial charge in [-0.25, -0.2) is 9.97 Å². The fourth-order valence-electron chi connectivity index (χ4n) is 4.22. The second-order valence-electron chi connectivity index (χ2n) is 10.2. The first-order valence-electron chi connectivity index (χ1n) is 12.4. The summed E-state index contributed by atoms with van der Waals surface area (Å²) in [7, 11) is 1.64. The molecule has 194 valence electrons. The zero-order valence-corrected chi connectivity index (χ0v) is 21.9. The minimum Gasteiger partial charge on any atom is -0.497 e. The molecule has 0 saturated carbocycles. The highest BCUT2D eigenvalue weighted by molar-refractivity contribution is 5.96. The molecule has 0 aliphatic carbocycles. The van der Waals surface area contributed by atoms with Gasteiger partial charge in [-0.1, -0.05) is 32.9 Å². The Balaban J connectivity index is 1.40. The number of pyridine rings is 3. The number of aromatic amines is 2. The number of rotatable bonds is 5. The molecule has 0 radical (unpaired) electrons. The number of nitrogens with one attached hydrogen (secondary N) is 3. The summed E-state index contributed by atoms with van der Waals surface area (Å²) in [6.07, 6.45) is 5.09. The molecule has 10 nitrogen and oxygen atoms in total. The van der Waals surface area contributed by atoms with Crippen LogP contribution in [-0.4, -0.2) is 48.1 Å². The molecule has 5 heterocycles. The third kappa shape index (κ3) is 4.56. The highest BCUT2D eigenvalue weighted by Gasteiger charge is 2.22. The lowest BCUT2D eigenvalue weighted by Crippen LogP contribution is -2.27. The van der Waals surface area contributed by atoms with E-state index in [4.69, 9.17) is 14.7 Å². The van der Waals surface area contributed by atoms with Crippen molar-refractivity contribution >= 4 is 33.7 Å². The van der Waals surface area contributed by atoms with Crippen LogP contribution in [0.1, 0.15) is 20.8 Å². The Morgan fingerprint density at radius 1 is 0.923 bits per heavy atom. The van der Waals surface area contributed by atoms with Gasteiger partial charge in [0.1, 0.15) is 16.8 Å². The van der Waals surface area contributed by atoms with Crippen LogP contribution in [0.25, 0.3) is 56.1 Å². The first-order valence-corrected chi connectivity index (χ1v) is 12.4. The zero-order valence-electron chi connectivity index (χ0n) is 21.9. The van der Waals surface area contributed by atoms with Crippen molar-refractivity contribution in [1.29, 1.82) is 0 Å². The maximum Gasteiger partial charge on any atom is 0.229 e. The Bertz CT molecular complexity index is 1850. The number of amides is 1. The van der Waals surface area contributed by atoms with Gasteiger partial charge >= 0.3 is 0 Å². The monoisotopic (exact) mass is 518 g/mol. The standard InChI is InChI=1S/C29H26N8O2/c1-29(2,3)28(38)32-18-12-17(14-30-15-18)20-8-9-22-25(33-20)26(37-36-22)27-34-21-10-11-31-23(24(21)35-27)16-6-5-7-19(13-16)39-4/h5-15H,1-4H3,(H,32,38)(H,34,35)(H,36,37). The molecule has 6 aromatic rings. The average molecular weight is 519 g/mol. The highest BCUT2D eigenvalue weighted by atomic mass is 16.5. The van der Waals surface area contributed by atoms with Gasteiger partial charge in [-0.05, 0) is 36.4 Å². The second-order valence-corrected chi connectivity index (χ2v) is 10.2. The van der Waals surface area contributed by atoms with Crippen LogP contribution in [0.5, 0.6) is 5.75 Å². The maximum atomic E-state index is 12.5. The molecule has 3 N–H and O–H groups in total. The summed E-state index contributed by atoms with van der Waals surface area (Å²) in [6.45, 7) is 5.59. The minimum atomic E-state index is -0.520. The fraction of sp³-hybridized carbons (Fsp3) is 0.172. The van der Waals surface area contributed by atoms with Gasteiger partial charge < -0.3 is 15.0 Å². The quantitative estimate of drug-likeness (QED) is 0.270. The molecular weight excluding hydrogens is 492 g/mol. The number of imidazole rings is 1. The SMILES string of the molecule is COc1cccc(-c2nccc3[nH]c(-c4n[nH]c5ccc(-c6cncc(NC(=O)C(C)(C)C)c6)nc45)nc23)c1. The Labute approximate surface area is 223 Å². The van der Waals surface area contributed by atoms with Crippen LogP contribution < -0.4 is 10.1 Å². The van der Waals surface area contributed by atoms with Crippen molar-refractivity contribution in [2.75, 3.05) is 12.4 Å². The van der Waals surface area contributed by atoms with Crippen LogP contribution in [-0.2, 0) is 4.79 Å². The van der Waals surface area contributed by atoms with Gasteiger partial charge in [-0.2, -0.15) is 5.10 Å².